The predicted molar refractivity (Wildman–Crippen MR) is 353 cm³/mol. The van der Waals surface area contributed by atoms with E-state index in [-0.39, 0.29) is 28.9 Å². The van der Waals surface area contributed by atoms with Crippen molar-refractivity contribution in [2.45, 2.75) is 285 Å². The molecule has 0 amide bonds. The van der Waals surface area contributed by atoms with Gasteiger partial charge < -0.3 is 9.64 Å². The van der Waals surface area contributed by atoms with Crippen molar-refractivity contribution < 1.29 is 37.1 Å². The number of hydrogen-bond donors (Lipinski definition) is 0. The Bertz CT molecular complexity index is 1090. The highest BCUT2D eigenvalue weighted by Crippen LogP contribution is 1.78. The summed E-state index contributed by atoms with van der Waals surface area (Å²) >= 11 is 0. The van der Waals surface area contributed by atoms with Crippen LogP contribution in [0.5, 0.6) is 0 Å². The van der Waals surface area contributed by atoms with Gasteiger partial charge in [-0.25, -0.2) is 8.42 Å². The van der Waals surface area contributed by atoms with Gasteiger partial charge in [0.2, 0.25) is 5.78 Å². The van der Waals surface area contributed by atoms with Gasteiger partial charge in [-0.3, -0.25) is 24.0 Å². The van der Waals surface area contributed by atoms with E-state index in [1.54, 1.807) is 32.3 Å². The fourth-order valence-corrected chi connectivity index (χ4v) is 0.974. The van der Waals surface area contributed by atoms with E-state index in [0.29, 0.717) is 6.61 Å². The Kier molecular flexibility index (Phi) is 285. The molecule has 0 radical (unpaired) electrons. The molecule has 0 aromatic carbocycles. The average Bonchev–Trinajstić information content (AvgIpc) is 3.28. The summed E-state index contributed by atoms with van der Waals surface area (Å²) in [5.41, 5.74) is 0. The van der Waals surface area contributed by atoms with Gasteiger partial charge in [-0.1, -0.05) is 275 Å². The summed E-state index contributed by atoms with van der Waals surface area (Å²) in [5.74, 6) is 1.96. The number of nitrogens with zero attached hydrogens (tertiary/aromatic N) is 1. The molecule has 0 atom stereocenters. The third kappa shape index (κ3) is 1080. The quantitative estimate of drug-likeness (QED) is 0.126. The zero-order valence-corrected chi connectivity index (χ0v) is 58.4. The van der Waals surface area contributed by atoms with Crippen LogP contribution < -0.4 is 0 Å². The second-order valence-corrected chi connectivity index (χ2v) is 17.8. The number of hydrogen-bond acceptors (Lipinski definition) is 9. The number of terminal acetylenes is 1. The number of carbonyl (C=O) groups excluding carboxylic acids is 5. The van der Waals surface area contributed by atoms with E-state index in [2.05, 4.69) is 190 Å². The lowest BCUT2D eigenvalue weighted by Crippen LogP contribution is -2.10. The first kappa shape index (κ1) is 124. The van der Waals surface area contributed by atoms with Gasteiger partial charge in [-0.15, -0.1) is 6.42 Å². The van der Waals surface area contributed by atoms with E-state index in [1.807, 2.05) is 37.9 Å². The molecule has 0 bridgehead atoms. The second kappa shape index (κ2) is 172. The lowest BCUT2D eigenvalue weighted by molar-refractivity contribution is -0.113. The number of Topliss-reactive ketones (excluding diaryl/α,β-unsaturated/α-hetero) is 1. The maximum absolute atomic E-state index is 10.3. The Morgan fingerprint density at radius 3 is 0.720 bits per heavy atom. The van der Waals surface area contributed by atoms with Crippen molar-refractivity contribution in [3.05, 3.63) is 61.1 Å². The Hall–Kier alpha value is -3.52. The third-order valence-electron chi connectivity index (χ3n) is 2.63. The SMILES string of the molecule is C#CC(C)=O.C/C=C/C(C)=O.C=CC(C)=O.C=CS(C)(=O)=O.CC(=O)/C=C/CN(C)C.CCC.CCC.CCC.CCC.CCC.CCC.CCC.CCC.CCC.CCC.CCC.CCC.COC/C=C/C(C)=O. The Morgan fingerprint density at radius 1 is 0.467 bits per heavy atom. The maximum atomic E-state index is 10.3. The van der Waals surface area contributed by atoms with Crippen LogP contribution >= 0.6 is 0 Å². The van der Waals surface area contributed by atoms with Crippen LogP contribution in [-0.4, -0.2) is 82.8 Å². The minimum absolute atomic E-state index is 0.0185. The lowest BCUT2D eigenvalue weighted by atomic mass is 10.4. The molecule has 462 valence electrons. The minimum atomic E-state index is -2.90. The van der Waals surface area contributed by atoms with Gasteiger partial charge in [0.25, 0.3) is 0 Å². The summed E-state index contributed by atoms with van der Waals surface area (Å²) in [6.45, 7) is 67.8. The highest BCUT2D eigenvalue weighted by atomic mass is 32.2. The van der Waals surface area contributed by atoms with Crippen molar-refractivity contribution in [3.63, 3.8) is 0 Å². The van der Waals surface area contributed by atoms with Crippen LogP contribution in [0.25, 0.3) is 0 Å². The van der Waals surface area contributed by atoms with Gasteiger partial charge in [0.15, 0.2) is 33.0 Å². The van der Waals surface area contributed by atoms with E-state index in [0.717, 1.165) is 18.2 Å². The minimum Gasteiger partial charge on any atom is -0.381 e. The molecule has 0 aromatic heterocycles. The highest BCUT2D eigenvalue weighted by molar-refractivity contribution is 7.93. The predicted octanol–water partition coefficient (Wildman–Crippen LogP) is 20.8. The molecular weight excluding hydrogens is 955 g/mol. The molecule has 0 N–H and O–H groups in total. The standard InChI is InChI=1S/C7H13NO.C6H10O2.C5H8O.C4H6O.C4H4O.C3H6O2S.12C3H8/c1-7(9)5-4-6-8(2)3;1-6(7)4-3-5-8-2;1-3-4-5(2)6;2*1-3-4(2)5;1-3-6(2,4)5;12*1-3-2/h4-5H,6H2,1-3H3;3-4H,5H2,1-2H3;3-4H,1-2H3;3H,1H2,2H3;1H,2H3;3H,1H2,2H3;12*3H2,1-2H3/b5-4+;2*4-3+;;;;;;;;;;;;;;;. The molecule has 0 heterocycles. The van der Waals surface area contributed by atoms with Crippen molar-refractivity contribution in [1.29, 1.82) is 0 Å². The van der Waals surface area contributed by atoms with Crippen LogP contribution in [0.4, 0.5) is 0 Å². The van der Waals surface area contributed by atoms with Crippen molar-refractivity contribution in [2.75, 3.05) is 40.6 Å². The third-order valence-corrected chi connectivity index (χ3v) is 3.24. The monoisotopic (exact) mass is 1100 g/mol. The Balaban J connectivity index is -0.0000000291. The molecular formula is C65H143NO8S. The summed E-state index contributed by atoms with van der Waals surface area (Å²) in [7, 11) is 2.62. The molecule has 0 saturated carbocycles. The zero-order chi connectivity index (χ0) is 64.9. The Labute approximate surface area is 477 Å². The van der Waals surface area contributed by atoms with Crippen LogP contribution in [-0.2, 0) is 38.5 Å². The van der Waals surface area contributed by atoms with E-state index in [1.165, 1.54) is 123 Å². The number of methoxy groups -OCH3 is 1. The number of allylic oxidation sites excluding steroid dienone is 5. The van der Waals surface area contributed by atoms with Crippen LogP contribution in [0.15, 0.2) is 61.1 Å². The van der Waals surface area contributed by atoms with E-state index in [4.69, 9.17) is 0 Å². The summed E-state index contributed by atoms with van der Waals surface area (Å²) in [6, 6.07) is 0. The van der Waals surface area contributed by atoms with Crippen molar-refractivity contribution in [3.8, 4) is 12.3 Å². The van der Waals surface area contributed by atoms with Crippen LogP contribution in [0.3, 0.4) is 0 Å². The van der Waals surface area contributed by atoms with Crippen LogP contribution in [0.1, 0.15) is 285 Å². The topological polar surface area (TPSA) is 132 Å². The molecule has 0 unspecified atom stereocenters. The first-order valence-electron chi connectivity index (χ1n) is 28.3. The number of ketones is 5. The lowest BCUT2D eigenvalue weighted by Gasteiger charge is -2.02. The van der Waals surface area contributed by atoms with Gasteiger partial charge in [0.05, 0.1) is 6.61 Å². The van der Waals surface area contributed by atoms with Gasteiger partial charge in [0, 0.05) is 32.2 Å². The average molecular weight is 1100 g/mol. The van der Waals surface area contributed by atoms with Gasteiger partial charge in [0.1, 0.15) is 0 Å². The van der Waals surface area contributed by atoms with Crippen LogP contribution in [0, 0.1) is 12.3 Å². The molecule has 0 rings (SSSR count). The first-order valence-corrected chi connectivity index (χ1v) is 30.2. The molecule has 75 heavy (non-hydrogen) atoms. The molecule has 0 saturated heterocycles. The summed E-state index contributed by atoms with van der Waals surface area (Å²) < 4.78 is 24.4. The molecule has 0 aromatic rings. The van der Waals surface area contributed by atoms with Crippen molar-refractivity contribution >= 4 is 38.8 Å². The maximum Gasteiger partial charge on any atom is 0.202 e. The summed E-state index contributed by atoms with van der Waals surface area (Å²) in [6.07, 6.45) is 31.8. The molecule has 0 fully saturated rings. The number of carbonyl (C=O) groups is 5. The Morgan fingerprint density at radius 2 is 0.640 bits per heavy atom. The normalized spacial score (nSPS) is 7.76. The van der Waals surface area contributed by atoms with Crippen molar-refractivity contribution in [2.24, 2.45) is 0 Å². The molecule has 10 heteroatoms. The zero-order valence-electron chi connectivity index (χ0n) is 57.6. The van der Waals surface area contributed by atoms with E-state index >= 15 is 0 Å². The van der Waals surface area contributed by atoms with E-state index in [9.17, 15) is 32.4 Å². The number of rotatable bonds is 9. The largest absolute Gasteiger partial charge is 0.381 e. The van der Waals surface area contributed by atoms with Gasteiger partial charge >= 0.3 is 0 Å². The molecule has 0 aliphatic carbocycles. The molecule has 0 aliphatic heterocycles. The van der Waals surface area contributed by atoms with Gasteiger partial charge in [-0.2, -0.15) is 0 Å². The number of sulfone groups is 1. The smallest absolute Gasteiger partial charge is 0.202 e. The first-order chi connectivity index (χ1) is 34.7. The summed E-state index contributed by atoms with van der Waals surface area (Å²) in [5, 5.41) is 0.910. The number of likely N-dealkylation sites (N-methyl/N-ethyl adjacent to an activating group) is 1. The highest BCUT2D eigenvalue weighted by Gasteiger charge is 1.85. The fourth-order valence-electron chi connectivity index (χ4n) is 0.974. The van der Waals surface area contributed by atoms with Crippen LogP contribution in [0.2, 0.25) is 0 Å². The van der Waals surface area contributed by atoms with E-state index < -0.39 is 9.84 Å². The fraction of sp³-hybridized carbons (Fsp3) is 0.738. The second-order valence-electron chi connectivity index (χ2n) is 15.9. The molecule has 9 nitrogen and oxygen atoms in total. The molecule has 0 spiro atoms. The molecule has 0 aliphatic rings. The van der Waals surface area contributed by atoms with Crippen molar-refractivity contribution in [1.82, 2.24) is 4.90 Å². The van der Waals surface area contributed by atoms with Gasteiger partial charge in [-0.05, 0) is 78.9 Å². The number of ether oxygens (including phenoxy) is 1. The summed E-state index contributed by atoms with van der Waals surface area (Å²) in [4.78, 5) is 51.7.